The minimum Gasteiger partial charge on any atom is -0.398 e. The fourth-order valence-electron chi connectivity index (χ4n) is 2.26. The second-order valence-corrected chi connectivity index (χ2v) is 5.59. The number of nitrogens with two attached hydrogens (primary N) is 1. The fourth-order valence-corrected chi connectivity index (χ4v) is 3.03. The topological polar surface area (TPSA) is 53.8 Å². The van der Waals surface area contributed by atoms with Crippen molar-refractivity contribution in [2.75, 3.05) is 12.3 Å². The van der Waals surface area contributed by atoms with Gasteiger partial charge in [-0.05, 0) is 36.0 Å². The van der Waals surface area contributed by atoms with E-state index >= 15 is 0 Å². The summed E-state index contributed by atoms with van der Waals surface area (Å²) in [5, 5.41) is 6.80. The molecule has 0 atom stereocenters. The summed E-state index contributed by atoms with van der Waals surface area (Å²) in [6.07, 6.45) is 3.13. The Bertz CT molecular complexity index is 669. The lowest BCUT2D eigenvalue weighted by Gasteiger charge is -2.03. The smallest absolute Gasteiger partial charge is 0.0468 e. The van der Waals surface area contributed by atoms with Gasteiger partial charge in [0.15, 0.2) is 0 Å². The van der Waals surface area contributed by atoms with Crippen molar-refractivity contribution in [2.45, 2.75) is 13.0 Å². The van der Waals surface area contributed by atoms with Crippen molar-refractivity contribution in [1.29, 1.82) is 0 Å². The van der Waals surface area contributed by atoms with Crippen LogP contribution in [0, 0.1) is 0 Å². The molecular formula is C15H17N3S. The van der Waals surface area contributed by atoms with Crippen molar-refractivity contribution in [3.63, 3.8) is 0 Å². The zero-order chi connectivity index (χ0) is 13.1. The molecule has 0 saturated carbocycles. The molecule has 0 fully saturated rings. The van der Waals surface area contributed by atoms with E-state index in [0.717, 1.165) is 25.2 Å². The minimum absolute atomic E-state index is 0.853. The number of thiophene rings is 1. The molecule has 2 heterocycles. The molecule has 3 nitrogen and oxygen atoms in total. The molecule has 1 aromatic carbocycles. The van der Waals surface area contributed by atoms with Crippen LogP contribution in [0.4, 0.5) is 5.69 Å². The Morgan fingerprint density at radius 2 is 2.11 bits per heavy atom. The molecule has 19 heavy (non-hydrogen) atoms. The molecule has 0 aliphatic heterocycles. The highest BCUT2D eigenvalue weighted by Gasteiger charge is 2.03. The molecule has 0 saturated heterocycles. The van der Waals surface area contributed by atoms with E-state index in [1.165, 1.54) is 21.3 Å². The summed E-state index contributed by atoms with van der Waals surface area (Å²) in [6, 6.07) is 10.4. The molecule has 3 aromatic rings. The Morgan fingerprint density at radius 1 is 1.21 bits per heavy atom. The average molecular weight is 271 g/mol. The first-order chi connectivity index (χ1) is 9.34. The van der Waals surface area contributed by atoms with Crippen molar-refractivity contribution in [2.24, 2.45) is 0 Å². The van der Waals surface area contributed by atoms with Gasteiger partial charge < -0.3 is 16.0 Å². The van der Waals surface area contributed by atoms with E-state index in [9.17, 15) is 0 Å². The summed E-state index contributed by atoms with van der Waals surface area (Å²) in [5.74, 6) is 0. The van der Waals surface area contributed by atoms with Crippen LogP contribution in [0.25, 0.3) is 10.9 Å². The number of nitrogen functional groups attached to an aromatic ring is 1. The number of hydrogen-bond acceptors (Lipinski definition) is 3. The number of aromatic amines is 1. The second kappa shape index (κ2) is 5.47. The third-order valence-electron chi connectivity index (χ3n) is 3.31. The predicted octanol–water partition coefficient (Wildman–Crippen LogP) is 3.14. The maximum absolute atomic E-state index is 5.86. The second-order valence-electron chi connectivity index (χ2n) is 4.59. The summed E-state index contributed by atoms with van der Waals surface area (Å²) >= 11 is 1.71. The van der Waals surface area contributed by atoms with Crippen LogP contribution < -0.4 is 11.1 Å². The molecule has 98 valence electrons. The van der Waals surface area contributed by atoms with Gasteiger partial charge in [0, 0.05) is 34.2 Å². The highest BCUT2D eigenvalue weighted by Crippen LogP contribution is 2.19. The van der Waals surface area contributed by atoms with Gasteiger partial charge in [0.25, 0.3) is 0 Å². The molecule has 3 rings (SSSR count). The van der Waals surface area contributed by atoms with E-state index in [1.54, 1.807) is 11.3 Å². The lowest BCUT2D eigenvalue weighted by atomic mass is 10.1. The van der Waals surface area contributed by atoms with Gasteiger partial charge in [-0.1, -0.05) is 18.2 Å². The molecule has 4 heteroatoms. The molecule has 0 aliphatic rings. The Morgan fingerprint density at radius 3 is 2.95 bits per heavy atom. The summed E-state index contributed by atoms with van der Waals surface area (Å²) in [5.41, 5.74) is 9.32. The number of aromatic nitrogens is 1. The number of rotatable bonds is 5. The van der Waals surface area contributed by atoms with E-state index in [-0.39, 0.29) is 0 Å². The van der Waals surface area contributed by atoms with Gasteiger partial charge in [-0.15, -0.1) is 11.3 Å². The molecule has 2 aromatic heterocycles. The van der Waals surface area contributed by atoms with Crippen LogP contribution in [0.3, 0.4) is 0 Å². The van der Waals surface area contributed by atoms with Gasteiger partial charge in [-0.2, -0.15) is 0 Å². The number of hydrogen-bond donors (Lipinski definition) is 3. The van der Waals surface area contributed by atoms with Crippen molar-refractivity contribution in [3.05, 3.63) is 52.3 Å². The standard InChI is InChI=1S/C15H17N3S/c16-13-6-8-19-15(13)10-17-7-5-11-9-18-14-4-2-1-3-12(11)14/h1-4,6,8-9,17-18H,5,7,10,16H2. The van der Waals surface area contributed by atoms with Crippen LogP contribution in [0.1, 0.15) is 10.4 Å². The van der Waals surface area contributed by atoms with Gasteiger partial charge in [0.1, 0.15) is 0 Å². The van der Waals surface area contributed by atoms with Crippen LogP contribution >= 0.6 is 11.3 Å². The third kappa shape index (κ3) is 2.64. The zero-order valence-corrected chi connectivity index (χ0v) is 11.5. The molecule has 0 amide bonds. The molecule has 0 bridgehead atoms. The van der Waals surface area contributed by atoms with Crippen LogP contribution in [-0.2, 0) is 13.0 Å². The monoisotopic (exact) mass is 271 g/mol. The van der Waals surface area contributed by atoms with E-state index in [0.29, 0.717) is 0 Å². The molecule has 0 radical (unpaired) electrons. The van der Waals surface area contributed by atoms with Crippen LogP contribution in [-0.4, -0.2) is 11.5 Å². The average Bonchev–Trinajstić information content (AvgIpc) is 3.02. The Labute approximate surface area is 116 Å². The van der Waals surface area contributed by atoms with Crippen molar-refractivity contribution in [3.8, 4) is 0 Å². The lowest BCUT2D eigenvalue weighted by molar-refractivity contribution is 0.696. The van der Waals surface area contributed by atoms with Crippen LogP contribution in [0.15, 0.2) is 41.9 Å². The summed E-state index contributed by atoms with van der Waals surface area (Å²) in [4.78, 5) is 4.53. The number of H-pyrrole nitrogens is 1. The molecule has 0 aliphatic carbocycles. The predicted molar refractivity (Wildman–Crippen MR) is 82.4 cm³/mol. The quantitative estimate of drug-likeness (QED) is 0.624. The number of para-hydroxylation sites is 1. The van der Waals surface area contributed by atoms with E-state index < -0.39 is 0 Å². The number of fused-ring (bicyclic) bond motifs is 1. The van der Waals surface area contributed by atoms with Gasteiger partial charge in [0.05, 0.1) is 0 Å². The normalized spacial score (nSPS) is 11.2. The summed E-state index contributed by atoms with van der Waals surface area (Å²) < 4.78 is 0. The van der Waals surface area contributed by atoms with Gasteiger partial charge in [-0.3, -0.25) is 0 Å². The number of nitrogens with one attached hydrogen (secondary N) is 2. The molecule has 0 unspecified atom stereocenters. The summed E-state index contributed by atoms with van der Waals surface area (Å²) in [7, 11) is 0. The maximum Gasteiger partial charge on any atom is 0.0468 e. The van der Waals surface area contributed by atoms with Crippen LogP contribution in [0.2, 0.25) is 0 Å². The highest BCUT2D eigenvalue weighted by atomic mass is 32.1. The first kappa shape index (κ1) is 12.3. The van der Waals surface area contributed by atoms with Gasteiger partial charge in [0.2, 0.25) is 0 Å². The summed E-state index contributed by atoms with van der Waals surface area (Å²) in [6.45, 7) is 1.81. The van der Waals surface area contributed by atoms with Gasteiger partial charge >= 0.3 is 0 Å². The number of benzene rings is 1. The number of anilines is 1. The zero-order valence-electron chi connectivity index (χ0n) is 10.6. The lowest BCUT2D eigenvalue weighted by Crippen LogP contribution is -2.16. The molecule has 0 spiro atoms. The van der Waals surface area contributed by atoms with Crippen molar-refractivity contribution in [1.82, 2.24) is 10.3 Å². The highest BCUT2D eigenvalue weighted by molar-refractivity contribution is 7.10. The van der Waals surface area contributed by atoms with Crippen molar-refractivity contribution < 1.29 is 0 Å². The Hall–Kier alpha value is -1.78. The van der Waals surface area contributed by atoms with Crippen LogP contribution in [0.5, 0.6) is 0 Å². The molecular weight excluding hydrogens is 254 g/mol. The Kier molecular flexibility index (Phi) is 3.53. The first-order valence-electron chi connectivity index (χ1n) is 6.42. The largest absolute Gasteiger partial charge is 0.398 e. The van der Waals surface area contributed by atoms with E-state index in [4.69, 9.17) is 5.73 Å². The van der Waals surface area contributed by atoms with Gasteiger partial charge in [-0.25, -0.2) is 0 Å². The molecule has 4 N–H and O–H groups in total. The maximum atomic E-state index is 5.86. The Balaban J connectivity index is 1.57. The van der Waals surface area contributed by atoms with E-state index in [1.807, 2.05) is 11.4 Å². The van der Waals surface area contributed by atoms with E-state index in [2.05, 4.69) is 40.8 Å². The van der Waals surface area contributed by atoms with Crippen molar-refractivity contribution >= 4 is 27.9 Å². The SMILES string of the molecule is Nc1ccsc1CNCCc1c[nH]c2ccccc12. The minimum atomic E-state index is 0.853. The fraction of sp³-hybridized carbons (Fsp3) is 0.200. The first-order valence-corrected chi connectivity index (χ1v) is 7.30. The third-order valence-corrected chi connectivity index (χ3v) is 4.25.